The SMILES string of the molecule is CC1=C(Nc2cc(N3CCN(C)CC3)nc(-c3ccccc3C(F)(F)F)n2)c2ccccc2NC1. The van der Waals surface area contributed by atoms with E-state index >= 15 is 0 Å². The molecule has 9 heteroatoms. The zero-order valence-electron chi connectivity index (χ0n) is 19.7. The quantitative estimate of drug-likeness (QED) is 0.537. The third-order valence-corrected chi connectivity index (χ3v) is 6.43. The van der Waals surface area contributed by atoms with Gasteiger partial charge in [0.15, 0.2) is 5.82 Å². The van der Waals surface area contributed by atoms with Gasteiger partial charge in [-0.2, -0.15) is 13.2 Å². The highest BCUT2D eigenvalue weighted by Crippen LogP contribution is 2.37. The second kappa shape index (κ2) is 9.22. The molecular formula is C26H27F3N6. The van der Waals surface area contributed by atoms with Crippen LogP contribution < -0.4 is 15.5 Å². The fourth-order valence-electron chi connectivity index (χ4n) is 4.45. The molecule has 3 aromatic rings. The van der Waals surface area contributed by atoms with Gasteiger partial charge in [0.05, 0.1) is 5.56 Å². The first-order valence-corrected chi connectivity index (χ1v) is 11.6. The van der Waals surface area contributed by atoms with E-state index in [2.05, 4.69) is 37.4 Å². The predicted octanol–water partition coefficient (Wildman–Crippen LogP) is 5.18. The van der Waals surface area contributed by atoms with E-state index < -0.39 is 11.7 Å². The Morgan fingerprint density at radius 3 is 2.34 bits per heavy atom. The summed E-state index contributed by atoms with van der Waals surface area (Å²) in [6.07, 6.45) is -4.51. The first kappa shape index (κ1) is 23.2. The van der Waals surface area contributed by atoms with Crippen LogP contribution in [0.5, 0.6) is 0 Å². The summed E-state index contributed by atoms with van der Waals surface area (Å²) in [4.78, 5) is 13.5. The maximum Gasteiger partial charge on any atom is 0.417 e. The number of fused-ring (bicyclic) bond motifs is 1. The molecule has 1 saturated heterocycles. The van der Waals surface area contributed by atoms with Crippen molar-refractivity contribution in [3.8, 4) is 11.4 Å². The molecule has 2 aliphatic heterocycles. The number of rotatable bonds is 4. The van der Waals surface area contributed by atoms with Crippen LogP contribution in [0.3, 0.4) is 0 Å². The molecule has 6 nitrogen and oxygen atoms in total. The summed E-state index contributed by atoms with van der Waals surface area (Å²) in [5, 5.41) is 6.80. The molecule has 3 heterocycles. The van der Waals surface area contributed by atoms with Crippen LogP contribution in [-0.2, 0) is 6.18 Å². The first-order valence-electron chi connectivity index (χ1n) is 11.6. The molecule has 1 aromatic heterocycles. The van der Waals surface area contributed by atoms with Gasteiger partial charge in [-0.3, -0.25) is 0 Å². The number of hydrogen-bond donors (Lipinski definition) is 2. The minimum atomic E-state index is -4.51. The van der Waals surface area contributed by atoms with E-state index in [0.29, 0.717) is 18.2 Å². The second-order valence-corrected chi connectivity index (χ2v) is 8.95. The molecule has 2 aliphatic rings. The molecule has 5 rings (SSSR count). The van der Waals surface area contributed by atoms with Crippen LogP contribution in [0, 0.1) is 0 Å². The van der Waals surface area contributed by atoms with Crippen LogP contribution in [-0.4, -0.2) is 54.6 Å². The number of nitrogens with zero attached hydrogens (tertiary/aromatic N) is 4. The van der Waals surface area contributed by atoms with E-state index in [-0.39, 0.29) is 11.4 Å². The smallest absolute Gasteiger partial charge is 0.381 e. The molecule has 0 aliphatic carbocycles. The van der Waals surface area contributed by atoms with Gasteiger partial charge in [0.25, 0.3) is 0 Å². The molecule has 182 valence electrons. The standard InChI is InChI=1S/C26H27F3N6/c1-17-16-30-21-10-6-4-8-19(21)24(17)31-22-15-23(35-13-11-34(2)12-14-35)33-25(32-22)18-7-3-5-9-20(18)26(27,28)29/h3-10,15,30H,11-14,16H2,1-2H3,(H,31,32,33). The number of aromatic nitrogens is 2. The first-order chi connectivity index (χ1) is 16.8. The number of anilines is 3. The maximum absolute atomic E-state index is 13.8. The fraction of sp³-hybridized carbons (Fsp3) is 0.308. The van der Waals surface area contributed by atoms with Gasteiger partial charge >= 0.3 is 6.18 Å². The topological polar surface area (TPSA) is 56.3 Å². The number of piperazine rings is 1. The zero-order valence-corrected chi connectivity index (χ0v) is 19.7. The number of hydrogen-bond acceptors (Lipinski definition) is 6. The van der Waals surface area contributed by atoms with E-state index in [0.717, 1.165) is 54.8 Å². The Balaban J connectivity index is 1.60. The van der Waals surface area contributed by atoms with Crippen molar-refractivity contribution in [1.29, 1.82) is 0 Å². The van der Waals surface area contributed by atoms with Gasteiger partial charge in [-0.1, -0.05) is 36.4 Å². The molecule has 2 aromatic carbocycles. The lowest BCUT2D eigenvalue weighted by atomic mass is 10.0. The van der Waals surface area contributed by atoms with E-state index in [4.69, 9.17) is 0 Å². The number of likely N-dealkylation sites (N-methyl/N-ethyl adjacent to an activating group) is 1. The molecule has 0 saturated carbocycles. The molecule has 0 bridgehead atoms. The number of halogens is 3. The van der Waals surface area contributed by atoms with Gasteiger partial charge in [0, 0.05) is 61.3 Å². The number of benzene rings is 2. The molecule has 0 unspecified atom stereocenters. The van der Waals surface area contributed by atoms with Gasteiger partial charge in [-0.25, -0.2) is 9.97 Å². The van der Waals surface area contributed by atoms with Gasteiger partial charge < -0.3 is 20.4 Å². The third kappa shape index (κ3) is 4.81. The molecule has 1 fully saturated rings. The Bertz CT molecular complexity index is 1260. The number of nitrogens with one attached hydrogen (secondary N) is 2. The summed E-state index contributed by atoms with van der Waals surface area (Å²) < 4.78 is 41.5. The van der Waals surface area contributed by atoms with E-state index in [1.807, 2.05) is 37.3 Å². The Kier molecular flexibility index (Phi) is 6.10. The molecule has 2 N–H and O–H groups in total. The highest BCUT2D eigenvalue weighted by Gasteiger charge is 2.34. The third-order valence-electron chi connectivity index (χ3n) is 6.43. The molecule has 35 heavy (non-hydrogen) atoms. The fourth-order valence-corrected chi connectivity index (χ4v) is 4.45. The lowest BCUT2D eigenvalue weighted by molar-refractivity contribution is -0.137. The average Bonchev–Trinajstić information content (AvgIpc) is 2.85. The lowest BCUT2D eigenvalue weighted by Gasteiger charge is -2.33. The van der Waals surface area contributed by atoms with Crippen LogP contribution in [0.2, 0.25) is 0 Å². The van der Waals surface area contributed by atoms with Crippen LogP contribution in [0.4, 0.5) is 30.5 Å². The van der Waals surface area contributed by atoms with Crippen molar-refractivity contribution in [2.75, 3.05) is 55.3 Å². The zero-order chi connectivity index (χ0) is 24.6. The maximum atomic E-state index is 13.8. The Morgan fingerprint density at radius 1 is 0.914 bits per heavy atom. The minimum absolute atomic E-state index is 0.0320. The molecule has 0 spiro atoms. The van der Waals surface area contributed by atoms with Gasteiger partial charge in [-0.15, -0.1) is 0 Å². The molecule has 0 radical (unpaired) electrons. The summed E-state index contributed by atoms with van der Waals surface area (Å²) in [6, 6.07) is 15.2. The summed E-state index contributed by atoms with van der Waals surface area (Å²) >= 11 is 0. The molecular weight excluding hydrogens is 453 g/mol. The van der Waals surface area contributed by atoms with E-state index in [1.165, 1.54) is 12.1 Å². The van der Waals surface area contributed by atoms with Crippen LogP contribution in [0.1, 0.15) is 18.1 Å². The normalized spacial score (nSPS) is 16.7. The Morgan fingerprint density at radius 2 is 1.60 bits per heavy atom. The van der Waals surface area contributed by atoms with Crippen molar-refractivity contribution in [2.24, 2.45) is 0 Å². The number of para-hydroxylation sites is 1. The van der Waals surface area contributed by atoms with Gasteiger partial charge in [0.1, 0.15) is 11.6 Å². The highest BCUT2D eigenvalue weighted by atomic mass is 19.4. The molecule has 0 atom stereocenters. The van der Waals surface area contributed by atoms with Crippen molar-refractivity contribution in [3.05, 3.63) is 71.3 Å². The van der Waals surface area contributed by atoms with Crippen LogP contribution in [0.15, 0.2) is 60.2 Å². The lowest BCUT2D eigenvalue weighted by Crippen LogP contribution is -2.44. The average molecular weight is 481 g/mol. The van der Waals surface area contributed by atoms with Crippen LogP contribution in [0.25, 0.3) is 17.1 Å². The van der Waals surface area contributed by atoms with Crippen molar-refractivity contribution in [3.63, 3.8) is 0 Å². The highest BCUT2D eigenvalue weighted by molar-refractivity contribution is 5.87. The van der Waals surface area contributed by atoms with Gasteiger partial charge in [0.2, 0.25) is 0 Å². The van der Waals surface area contributed by atoms with Crippen LogP contribution >= 0.6 is 0 Å². The van der Waals surface area contributed by atoms with Crippen molar-refractivity contribution in [2.45, 2.75) is 13.1 Å². The van der Waals surface area contributed by atoms with Crippen molar-refractivity contribution < 1.29 is 13.2 Å². The van der Waals surface area contributed by atoms with Crippen molar-refractivity contribution in [1.82, 2.24) is 14.9 Å². The van der Waals surface area contributed by atoms with E-state index in [1.54, 1.807) is 6.07 Å². The second-order valence-electron chi connectivity index (χ2n) is 8.95. The summed E-state index contributed by atoms with van der Waals surface area (Å²) in [7, 11) is 2.05. The Hall–Kier alpha value is -3.59. The largest absolute Gasteiger partial charge is 0.417 e. The molecule has 0 amide bonds. The monoisotopic (exact) mass is 480 g/mol. The predicted molar refractivity (Wildman–Crippen MR) is 133 cm³/mol. The summed E-state index contributed by atoms with van der Waals surface area (Å²) in [6.45, 7) is 5.87. The Labute approximate surface area is 202 Å². The minimum Gasteiger partial charge on any atom is -0.381 e. The summed E-state index contributed by atoms with van der Waals surface area (Å²) in [5.41, 5.74) is 3.20. The summed E-state index contributed by atoms with van der Waals surface area (Å²) in [5.74, 6) is 1.13. The van der Waals surface area contributed by atoms with Gasteiger partial charge in [-0.05, 0) is 31.7 Å². The number of alkyl halides is 3. The van der Waals surface area contributed by atoms with Crippen molar-refractivity contribution >= 4 is 23.0 Å². The van der Waals surface area contributed by atoms with E-state index in [9.17, 15) is 13.2 Å².